The van der Waals surface area contributed by atoms with Gasteiger partial charge in [-0.25, -0.2) is 4.52 Å². The highest BCUT2D eigenvalue weighted by atomic mass is 16.3. The summed E-state index contributed by atoms with van der Waals surface area (Å²) in [6, 6.07) is 14.0. The van der Waals surface area contributed by atoms with Gasteiger partial charge in [0.2, 0.25) is 0 Å². The van der Waals surface area contributed by atoms with Crippen LogP contribution in [0, 0.1) is 0 Å². The molecule has 4 aromatic rings. The number of carbonyl (C=O) groups excluding carboxylic acids is 1. The molecule has 5 rings (SSSR count). The van der Waals surface area contributed by atoms with E-state index in [1.807, 2.05) is 43.7 Å². The van der Waals surface area contributed by atoms with Gasteiger partial charge in [0, 0.05) is 25.0 Å². The maximum Gasteiger partial charge on any atom is 0.270 e. The molecular formula is C25H27N5O2. The highest BCUT2D eigenvalue weighted by Crippen LogP contribution is 2.25. The van der Waals surface area contributed by atoms with Crippen LogP contribution in [-0.4, -0.2) is 42.6 Å². The zero-order valence-electron chi connectivity index (χ0n) is 18.1. The van der Waals surface area contributed by atoms with Gasteiger partial charge in [-0.1, -0.05) is 37.1 Å². The third kappa shape index (κ3) is 4.03. The predicted octanol–water partition coefficient (Wildman–Crippen LogP) is 3.36. The Kier molecular flexibility index (Phi) is 5.49. The lowest BCUT2D eigenvalue weighted by Gasteiger charge is -2.28. The highest BCUT2D eigenvalue weighted by Gasteiger charge is 2.26. The van der Waals surface area contributed by atoms with Crippen LogP contribution in [0.5, 0.6) is 0 Å². The molecule has 1 aliphatic carbocycles. The quantitative estimate of drug-likeness (QED) is 0.510. The summed E-state index contributed by atoms with van der Waals surface area (Å²) in [7, 11) is 1.91. The molecule has 1 aromatic carbocycles. The van der Waals surface area contributed by atoms with Crippen LogP contribution in [0.2, 0.25) is 0 Å². The average molecular weight is 430 g/mol. The van der Waals surface area contributed by atoms with Crippen molar-refractivity contribution in [3.8, 4) is 11.1 Å². The Hall–Kier alpha value is -3.45. The van der Waals surface area contributed by atoms with Crippen molar-refractivity contribution < 1.29 is 9.90 Å². The number of rotatable bonds is 5. The van der Waals surface area contributed by atoms with E-state index in [2.05, 4.69) is 33.7 Å². The van der Waals surface area contributed by atoms with Gasteiger partial charge in [-0.3, -0.25) is 9.48 Å². The van der Waals surface area contributed by atoms with Gasteiger partial charge in [-0.05, 0) is 54.2 Å². The molecule has 164 valence electrons. The van der Waals surface area contributed by atoms with E-state index in [4.69, 9.17) is 0 Å². The molecule has 0 saturated heterocycles. The predicted molar refractivity (Wildman–Crippen MR) is 122 cm³/mol. The molecule has 0 aliphatic heterocycles. The lowest BCUT2D eigenvalue weighted by molar-refractivity contribution is 0.0712. The first-order chi connectivity index (χ1) is 15.6. The van der Waals surface area contributed by atoms with Gasteiger partial charge in [0.1, 0.15) is 5.69 Å². The van der Waals surface area contributed by atoms with E-state index in [1.54, 1.807) is 15.4 Å². The normalized spacial score (nSPS) is 18.7. The number of fused-ring (bicyclic) bond motifs is 1. The molecule has 1 fully saturated rings. The van der Waals surface area contributed by atoms with Crippen molar-refractivity contribution in [2.45, 2.75) is 44.2 Å². The first-order valence-electron chi connectivity index (χ1n) is 11.1. The van der Waals surface area contributed by atoms with Gasteiger partial charge < -0.3 is 10.4 Å². The van der Waals surface area contributed by atoms with Crippen molar-refractivity contribution in [1.29, 1.82) is 0 Å². The number of benzene rings is 1. The maximum absolute atomic E-state index is 13.1. The molecule has 1 saturated carbocycles. The number of nitrogens with zero attached hydrogens (tertiary/aromatic N) is 4. The summed E-state index contributed by atoms with van der Waals surface area (Å²) in [5.74, 6) is -0.194. The average Bonchev–Trinajstić information content (AvgIpc) is 3.40. The fraction of sp³-hybridized carbons (Fsp3) is 0.320. The van der Waals surface area contributed by atoms with E-state index in [1.165, 1.54) is 0 Å². The maximum atomic E-state index is 13.1. The first-order valence-corrected chi connectivity index (χ1v) is 11.1. The lowest BCUT2D eigenvalue weighted by Crippen LogP contribution is -2.45. The summed E-state index contributed by atoms with van der Waals surface area (Å²) < 4.78 is 3.49. The molecule has 3 aromatic heterocycles. The zero-order valence-corrected chi connectivity index (χ0v) is 18.1. The highest BCUT2D eigenvalue weighted by molar-refractivity contribution is 5.94. The number of aliphatic hydroxyl groups is 1. The molecule has 32 heavy (non-hydrogen) atoms. The molecule has 1 amide bonds. The third-order valence-electron chi connectivity index (χ3n) is 6.26. The van der Waals surface area contributed by atoms with Crippen molar-refractivity contribution in [2.24, 2.45) is 7.05 Å². The largest absolute Gasteiger partial charge is 0.391 e. The van der Waals surface area contributed by atoms with Crippen molar-refractivity contribution >= 4 is 11.4 Å². The van der Waals surface area contributed by atoms with E-state index in [0.717, 1.165) is 53.5 Å². The van der Waals surface area contributed by atoms with E-state index >= 15 is 0 Å². The van der Waals surface area contributed by atoms with Crippen molar-refractivity contribution in [1.82, 2.24) is 24.7 Å². The number of hydrogen-bond donors (Lipinski definition) is 2. The van der Waals surface area contributed by atoms with Gasteiger partial charge in [-0.2, -0.15) is 10.2 Å². The van der Waals surface area contributed by atoms with E-state index < -0.39 is 6.10 Å². The molecule has 0 unspecified atom stereocenters. The van der Waals surface area contributed by atoms with Crippen LogP contribution in [0.15, 0.2) is 61.1 Å². The monoisotopic (exact) mass is 429 g/mol. The van der Waals surface area contributed by atoms with E-state index in [9.17, 15) is 9.90 Å². The number of hydrogen-bond acceptors (Lipinski definition) is 4. The summed E-state index contributed by atoms with van der Waals surface area (Å²) in [6.45, 7) is 0. The van der Waals surface area contributed by atoms with E-state index in [0.29, 0.717) is 12.1 Å². The Morgan fingerprint density at radius 3 is 2.81 bits per heavy atom. The minimum Gasteiger partial charge on any atom is -0.391 e. The SMILES string of the molecule is Cn1cc(-c2cccc(Cc3cc(C(=O)N[C@H]4CCCC[C@@H]4O)n4ncccc34)c2)cn1. The Morgan fingerprint density at radius 2 is 2.00 bits per heavy atom. The number of nitrogens with one attached hydrogen (secondary N) is 1. The topological polar surface area (TPSA) is 84.5 Å². The van der Waals surface area contributed by atoms with Crippen LogP contribution in [-0.2, 0) is 13.5 Å². The number of carbonyl (C=O) groups is 1. The van der Waals surface area contributed by atoms with Crippen molar-refractivity contribution in [2.75, 3.05) is 0 Å². The van der Waals surface area contributed by atoms with Gasteiger partial charge >= 0.3 is 0 Å². The lowest BCUT2D eigenvalue weighted by atomic mass is 9.92. The Balaban J connectivity index is 1.43. The number of amides is 1. The summed E-state index contributed by atoms with van der Waals surface area (Å²) >= 11 is 0. The molecular weight excluding hydrogens is 402 g/mol. The van der Waals surface area contributed by atoms with Crippen molar-refractivity contribution in [3.63, 3.8) is 0 Å². The summed E-state index contributed by atoms with van der Waals surface area (Å²) in [4.78, 5) is 13.1. The molecule has 3 heterocycles. The summed E-state index contributed by atoms with van der Waals surface area (Å²) in [6.07, 6.45) is 9.31. The van der Waals surface area contributed by atoms with Crippen LogP contribution in [0.1, 0.15) is 47.3 Å². The number of aliphatic hydroxyl groups excluding tert-OH is 1. The summed E-state index contributed by atoms with van der Waals surface area (Å²) in [5.41, 5.74) is 5.78. The number of aromatic nitrogens is 4. The second-order valence-electron chi connectivity index (χ2n) is 8.59. The van der Waals surface area contributed by atoms with Crippen molar-refractivity contribution in [3.05, 3.63) is 77.9 Å². The standard InChI is InChI=1S/C25H27N5O2/c1-29-16-20(15-27-29)18-7-4-6-17(12-18)13-19-14-23(30-22(19)9-5-11-26-30)25(32)28-21-8-2-3-10-24(21)31/h4-7,9,11-12,14-16,21,24,31H,2-3,8,10,13H2,1H3,(H,28,32)/t21-,24-/m0/s1. The van der Waals surface area contributed by atoms with Crippen LogP contribution < -0.4 is 5.32 Å². The molecule has 0 bridgehead atoms. The molecule has 0 radical (unpaired) electrons. The molecule has 0 spiro atoms. The third-order valence-corrected chi connectivity index (χ3v) is 6.26. The zero-order chi connectivity index (χ0) is 22.1. The number of aryl methyl sites for hydroxylation is 1. The smallest absolute Gasteiger partial charge is 0.270 e. The minimum atomic E-state index is -0.485. The van der Waals surface area contributed by atoms with Gasteiger partial charge in [0.25, 0.3) is 5.91 Å². The van der Waals surface area contributed by atoms with Gasteiger partial charge in [0.05, 0.1) is 23.9 Å². The second kappa shape index (κ2) is 8.59. The molecule has 7 nitrogen and oxygen atoms in total. The van der Waals surface area contributed by atoms with Gasteiger partial charge in [-0.15, -0.1) is 0 Å². The fourth-order valence-electron chi connectivity index (χ4n) is 4.58. The van der Waals surface area contributed by atoms with Crippen LogP contribution >= 0.6 is 0 Å². The second-order valence-corrected chi connectivity index (χ2v) is 8.59. The molecule has 2 N–H and O–H groups in total. The Labute approximate surface area is 186 Å². The van der Waals surface area contributed by atoms with Crippen LogP contribution in [0.4, 0.5) is 0 Å². The molecule has 2 atom stereocenters. The fourth-order valence-corrected chi connectivity index (χ4v) is 4.58. The van der Waals surface area contributed by atoms with E-state index in [-0.39, 0.29) is 11.9 Å². The first kappa shape index (κ1) is 20.5. The van der Waals surface area contributed by atoms with Gasteiger partial charge in [0.15, 0.2) is 0 Å². The molecule has 7 heteroatoms. The Morgan fingerprint density at radius 1 is 1.12 bits per heavy atom. The van der Waals surface area contributed by atoms with Crippen LogP contribution in [0.3, 0.4) is 0 Å². The summed E-state index contributed by atoms with van der Waals surface area (Å²) in [5, 5.41) is 22.0. The minimum absolute atomic E-state index is 0.194. The Bertz CT molecular complexity index is 1260. The molecule has 1 aliphatic rings. The van der Waals surface area contributed by atoms with Crippen LogP contribution in [0.25, 0.3) is 16.6 Å².